The summed E-state index contributed by atoms with van der Waals surface area (Å²) in [5.41, 5.74) is 9.06. The highest BCUT2D eigenvalue weighted by atomic mass is 15.0. The predicted molar refractivity (Wildman–Crippen MR) is 89.4 cm³/mol. The third-order valence-corrected chi connectivity index (χ3v) is 3.69. The summed E-state index contributed by atoms with van der Waals surface area (Å²) in [4.78, 5) is 4.64. The van der Waals surface area contributed by atoms with Crippen LogP contribution >= 0.6 is 0 Å². The van der Waals surface area contributed by atoms with E-state index in [0.29, 0.717) is 0 Å². The smallest absolute Gasteiger partial charge is 0.134 e. The van der Waals surface area contributed by atoms with Crippen molar-refractivity contribution in [3.8, 4) is 0 Å². The molecule has 0 aliphatic rings. The van der Waals surface area contributed by atoms with Crippen LogP contribution in [0.4, 0.5) is 11.5 Å². The minimum Gasteiger partial charge on any atom is -0.398 e. The largest absolute Gasteiger partial charge is 0.398 e. The number of hydrogen-bond donors (Lipinski definition) is 2. The molecule has 21 heavy (non-hydrogen) atoms. The molecule has 1 atom stereocenters. The molecule has 0 radical (unpaired) electrons. The van der Waals surface area contributed by atoms with E-state index >= 15 is 0 Å². The van der Waals surface area contributed by atoms with E-state index in [2.05, 4.69) is 35.4 Å². The van der Waals surface area contributed by atoms with Crippen molar-refractivity contribution in [1.82, 2.24) is 4.98 Å². The maximum Gasteiger partial charge on any atom is 0.134 e. The van der Waals surface area contributed by atoms with Crippen LogP contribution in [0.5, 0.6) is 0 Å². The molecule has 0 bridgehead atoms. The minimum absolute atomic E-state index is 0.185. The summed E-state index contributed by atoms with van der Waals surface area (Å²) < 4.78 is 0. The molecule has 3 N–H and O–H groups in total. The third kappa shape index (κ3) is 2.68. The van der Waals surface area contributed by atoms with Gasteiger partial charge in [0.15, 0.2) is 0 Å². The molecule has 0 aliphatic heterocycles. The van der Waals surface area contributed by atoms with Gasteiger partial charge in [-0.1, -0.05) is 42.5 Å². The number of anilines is 2. The molecule has 3 rings (SSSR count). The highest BCUT2D eigenvalue weighted by molar-refractivity contribution is 5.99. The highest BCUT2D eigenvalue weighted by Crippen LogP contribution is 2.29. The van der Waals surface area contributed by atoms with Gasteiger partial charge in [0, 0.05) is 28.2 Å². The van der Waals surface area contributed by atoms with Crippen LogP contribution in [-0.2, 0) is 0 Å². The Labute approximate surface area is 124 Å². The standard InChI is InChI=1S/C18H19N3/c1-12-11-16-15(9-6-10-17(16)19)18(20-12)21-13(2)14-7-4-3-5-8-14/h3-11,13H,19H2,1-2H3,(H,20,21). The SMILES string of the molecule is Cc1cc2c(N)cccc2c(NC(C)c2ccccc2)n1. The Hall–Kier alpha value is -2.55. The maximum atomic E-state index is 6.08. The van der Waals surface area contributed by atoms with Crippen molar-refractivity contribution in [2.45, 2.75) is 19.9 Å². The van der Waals surface area contributed by atoms with E-state index in [9.17, 15) is 0 Å². The number of fused-ring (bicyclic) bond motifs is 1. The van der Waals surface area contributed by atoms with Crippen LogP contribution in [0.15, 0.2) is 54.6 Å². The van der Waals surface area contributed by atoms with Crippen LogP contribution in [0.2, 0.25) is 0 Å². The van der Waals surface area contributed by atoms with Gasteiger partial charge < -0.3 is 11.1 Å². The van der Waals surface area contributed by atoms with E-state index in [1.54, 1.807) is 0 Å². The highest BCUT2D eigenvalue weighted by Gasteiger charge is 2.10. The summed E-state index contributed by atoms with van der Waals surface area (Å²) >= 11 is 0. The number of hydrogen-bond acceptors (Lipinski definition) is 3. The molecule has 0 saturated heterocycles. The molecule has 1 heterocycles. The first-order chi connectivity index (χ1) is 10.1. The number of nitrogens with zero attached hydrogens (tertiary/aromatic N) is 1. The number of aromatic nitrogens is 1. The molecule has 0 spiro atoms. The lowest BCUT2D eigenvalue weighted by Gasteiger charge is -2.17. The normalized spacial score (nSPS) is 12.3. The lowest BCUT2D eigenvalue weighted by Crippen LogP contribution is -2.09. The topological polar surface area (TPSA) is 50.9 Å². The fraction of sp³-hybridized carbons (Fsp3) is 0.167. The summed E-state index contributed by atoms with van der Waals surface area (Å²) in [6.07, 6.45) is 0. The van der Waals surface area contributed by atoms with E-state index < -0.39 is 0 Å². The average Bonchev–Trinajstić information content (AvgIpc) is 2.49. The Morgan fingerprint density at radius 3 is 2.52 bits per heavy atom. The zero-order valence-electron chi connectivity index (χ0n) is 12.3. The molecule has 106 valence electrons. The maximum absolute atomic E-state index is 6.08. The van der Waals surface area contributed by atoms with Gasteiger partial charge in [0.25, 0.3) is 0 Å². The quantitative estimate of drug-likeness (QED) is 0.702. The number of benzene rings is 2. The number of nitrogens with two attached hydrogens (primary N) is 1. The second-order valence-corrected chi connectivity index (χ2v) is 5.33. The molecular formula is C18H19N3. The van der Waals surface area contributed by atoms with E-state index in [4.69, 9.17) is 5.73 Å². The van der Waals surface area contributed by atoms with Crippen molar-refractivity contribution in [3.63, 3.8) is 0 Å². The number of aryl methyl sites for hydroxylation is 1. The summed E-state index contributed by atoms with van der Waals surface area (Å²) in [6, 6.07) is 18.5. The van der Waals surface area contributed by atoms with Gasteiger partial charge in [-0.2, -0.15) is 0 Å². The van der Waals surface area contributed by atoms with Crippen molar-refractivity contribution in [3.05, 3.63) is 65.9 Å². The molecule has 3 nitrogen and oxygen atoms in total. The van der Waals surface area contributed by atoms with Gasteiger partial charge in [-0.05, 0) is 31.5 Å². The Morgan fingerprint density at radius 1 is 1.00 bits per heavy atom. The zero-order chi connectivity index (χ0) is 14.8. The number of pyridine rings is 1. The van der Waals surface area contributed by atoms with Crippen molar-refractivity contribution in [2.75, 3.05) is 11.1 Å². The van der Waals surface area contributed by atoms with Crippen LogP contribution in [0.1, 0.15) is 24.2 Å². The average molecular weight is 277 g/mol. The van der Waals surface area contributed by atoms with Crippen molar-refractivity contribution in [2.24, 2.45) is 0 Å². The van der Waals surface area contributed by atoms with Crippen LogP contribution in [0, 0.1) is 6.92 Å². The fourth-order valence-electron chi connectivity index (χ4n) is 2.57. The first kappa shape index (κ1) is 13.4. The summed E-state index contributed by atoms with van der Waals surface area (Å²) in [6.45, 7) is 4.13. The molecule has 3 heteroatoms. The molecular weight excluding hydrogens is 258 g/mol. The first-order valence-electron chi connectivity index (χ1n) is 7.12. The summed E-state index contributed by atoms with van der Waals surface area (Å²) in [7, 11) is 0. The number of nitrogen functional groups attached to an aromatic ring is 1. The molecule has 1 unspecified atom stereocenters. The van der Waals surface area contributed by atoms with E-state index in [1.807, 2.05) is 43.3 Å². The fourth-order valence-corrected chi connectivity index (χ4v) is 2.57. The van der Waals surface area contributed by atoms with Crippen LogP contribution in [0.3, 0.4) is 0 Å². The minimum atomic E-state index is 0.185. The van der Waals surface area contributed by atoms with Crippen LogP contribution in [-0.4, -0.2) is 4.98 Å². The second kappa shape index (κ2) is 5.44. The molecule has 2 aromatic carbocycles. The van der Waals surface area contributed by atoms with Crippen molar-refractivity contribution in [1.29, 1.82) is 0 Å². The van der Waals surface area contributed by atoms with E-state index in [1.165, 1.54) is 5.56 Å². The van der Waals surface area contributed by atoms with Gasteiger partial charge in [0.2, 0.25) is 0 Å². The van der Waals surface area contributed by atoms with E-state index in [-0.39, 0.29) is 6.04 Å². The molecule has 0 aliphatic carbocycles. The van der Waals surface area contributed by atoms with Crippen LogP contribution < -0.4 is 11.1 Å². The lowest BCUT2D eigenvalue weighted by molar-refractivity contribution is 0.875. The molecule has 0 fully saturated rings. The van der Waals surface area contributed by atoms with E-state index in [0.717, 1.165) is 28.0 Å². The van der Waals surface area contributed by atoms with Crippen molar-refractivity contribution >= 4 is 22.3 Å². The monoisotopic (exact) mass is 277 g/mol. The predicted octanol–water partition coefficient (Wildman–Crippen LogP) is 4.30. The molecule has 0 amide bonds. The van der Waals surface area contributed by atoms with Crippen molar-refractivity contribution < 1.29 is 0 Å². The van der Waals surface area contributed by atoms with Gasteiger partial charge in [-0.3, -0.25) is 0 Å². The Bertz CT molecular complexity index is 766. The Morgan fingerprint density at radius 2 is 1.76 bits per heavy atom. The lowest BCUT2D eigenvalue weighted by atomic mass is 10.1. The van der Waals surface area contributed by atoms with Gasteiger partial charge in [0.1, 0.15) is 5.82 Å². The Balaban J connectivity index is 2.03. The van der Waals surface area contributed by atoms with Crippen LogP contribution in [0.25, 0.3) is 10.8 Å². The first-order valence-corrected chi connectivity index (χ1v) is 7.12. The second-order valence-electron chi connectivity index (χ2n) is 5.33. The molecule has 1 aromatic heterocycles. The third-order valence-electron chi connectivity index (χ3n) is 3.69. The number of nitrogens with one attached hydrogen (secondary N) is 1. The molecule has 3 aromatic rings. The summed E-state index contributed by atoms with van der Waals surface area (Å²) in [5, 5.41) is 5.61. The molecule has 0 saturated carbocycles. The zero-order valence-corrected chi connectivity index (χ0v) is 12.3. The van der Waals surface area contributed by atoms with Gasteiger partial charge in [-0.15, -0.1) is 0 Å². The van der Waals surface area contributed by atoms with Gasteiger partial charge >= 0.3 is 0 Å². The van der Waals surface area contributed by atoms with Gasteiger partial charge in [-0.25, -0.2) is 4.98 Å². The van der Waals surface area contributed by atoms with Gasteiger partial charge in [0.05, 0.1) is 0 Å². The Kier molecular flexibility index (Phi) is 3.48. The number of rotatable bonds is 3. The summed E-state index contributed by atoms with van der Waals surface area (Å²) in [5.74, 6) is 0.883.